The van der Waals surface area contributed by atoms with Crippen molar-refractivity contribution in [3.8, 4) is 0 Å². The van der Waals surface area contributed by atoms with Crippen molar-refractivity contribution in [2.45, 2.75) is 103 Å². The van der Waals surface area contributed by atoms with Gasteiger partial charge >= 0.3 is 5.97 Å². The first-order chi connectivity index (χ1) is 16.5. The lowest BCUT2D eigenvalue weighted by atomic mass is 9.67. The molecule has 1 heterocycles. The summed E-state index contributed by atoms with van der Waals surface area (Å²) in [4.78, 5) is 24.5. The van der Waals surface area contributed by atoms with Crippen molar-refractivity contribution in [3.05, 3.63) is 45.7 Å². The van der Waals surface area contributed by atoms with E-state index in [9.17, 15) is 14.7 Å². The second kappa shape index (κ2) is 10.4. The number of carboxylic acids is 1. The summed E-state index contributed by atoms with van der Waals surface area (Å²) in [6.45, 7) is 8.84. The summed E-state index contributed by atoms with van der Waals surface area (Å²) >= 11 is 6.36. The van der Waals surface area contributed by atoms with Crippen molar-refractivity contribution in [2.24, 2.45) is 11.3 Å². The molecule has 0 aliphatic heterocycles. The molecule has 6 nitrogen and oxygen atoms in total. The van der Waals surface area contributed by atoms with Crippen molar-refractivity contribution in [3.63, 3.8) is 0 Å². The Hall–Kier alpha value is -2.21. The van der Waals surface area contributed by atoms with Crippen molar-refractivity contribution < 1.29 is 14.7 Å². The van der Waals surface area contributed by atoms with Gasteiger partial charge in [0.2, 0.25) is 0 Å². The molecule has 1 N–H and O–H groups in total. The number of hydrogen-bond acceptors (Lipinski definition) is 4. The highest BCUT2D eigenvalue weighted by Gasteiger charge is 2.41. The number of carboxylic acid groups (broad SMARTS) is 1. The lowest BCUT2D eigenvalue weighted by Crippen LogP contribution is -2.27. The minimum absolute atomic E-state index is 0.000377. The van der Waals surface area contributed by atoms with E-state index in [1.54, 1.807) is 0 Å². The van der Waals surface area contributed by atoms with Crippen molar-refractivity contribution in [1.82, 2.24) is 15.0 Å². The number of halogens is 1. The number of ketones is 1. The Morgan fingerprint density at radius 2 is 1.91 bits per heavy atom. The zero-order valence-corrected chi connectivity index (χ0v) is 22.1. The monoisotopic (exact) mass is 499 g/mol. The molecular weight excluding hydrogens is 462 g/mol. The number of aliphatic carboxylic acids is 1. The van der Waals surface area contributed by atoms with Gasteiger partial charge in [-0.15, -0.1) is 5.10 Å². The van der Waals surface area contributed by atoms with Crippen LogP contribution in [0.25, 0.3) is 0 Å². The lowest BCUT2D eigenvalue weighted by Gasteiger charge is -2.38. The minimum atomic E-state index is -0.860. The van der Waals surface area contributed by atoms with E-state index in [4.69, 9.17) is 11.6 Å². The summed E-state index contributed by atoms with van der Waals surface area (Å²) in [5.74, 6) is 0.755. The molecule has 190 valence electrons. The van der Waals surface area contributed by atoms with Crippen LogP contribution in [0, 0.1) is 18.3 Å². The van der Waals surface area contributed by atoms with E-state index in [-0.39, 0.29) is 31.1 Å². The summed E-state index contributed by atoms with van der Waals surface area (Å²) in [7, 11) is 0. The van der Waals surface area contributed by atoms with E-state index >= 15 is 0 Å². The lowest BCUT2D eigenvalue weighted by molar-refractivity contribution is -0.137. The fourth-order valence-electron chi connectivity index (χ4n) is 5.56. The maximum absolute atomic E-state index is 13.1. The minimum Gasteiger partial charge on any atom is -0.481 e. The fourth-order valence-corrected chi connectivity index (χ4v) is 5.86. The van der Waals surface area contributed by atoms with E-state index in [1.807, 2.05) is 29.8 Å². The molecule has 0 radical (unpaired) electrons. The van der Waals surface area contributed by atoms with Gasteiger partial charge in [-0.25, -0.2) is 4.68 Å². The average Bonchev–Trinajstić information content (AvgIpc) is 3.47. The summed E-state index contributed by atoms with van der Waals surface area (Å²) in [5, 5.41) is 19.1. The van der Waals surface area contributed by atoms with Gasteiger partial charge in [0.15, 0.2) is 0 Å². The topological polar surface area (TPSA) is 85.1 Å². The maximum atomic E-state index is 13.1. The predicted octanol–water partition coefficient (Wildman–Crippen LogP) is 6.65. The first-order valence-corrected chi connectivity index (χ1v) is 13.3. The standard InChI is InChI=1S/C28H38ClN3O3/c1-17-5-6-20(24(29)11-17)14-23(33)15-22(9-10-25(34)35)32-27(19-7-8-19)26(30-31-32)21-12-18(13-21)16-28(2,3)4/h5-6,11,18-19,21-22H,7-10,12-16H2,1-4H3,(H,34,35)/t18?,21?,22-/m0/s1. The number of carbonyl (C=O) groups excluding carboxylic acids is 1. The molecule has 0 amide bonds. The van der Waals surface area contributed by atoms with Gasteiger partial charge in [0.25, 0.3) is 0 Å². The van der Waals surface area contributed by atoms with E-state index < -0.39 is 5.97 Å². The first-order valence-electron chi connectivity index (χ1n) is 12.9. The Morgan fingerprint density at radius 3 is 2.51 bits per heavy atom. The fraction of sp³-hybridized carbons (Fsp3) is 0.643. The van der Waals surface area contributed by atoms with Gasteiger partial charge in [-0.1, -0.05) is 49.7 Å². The number of aryl methyl sites for hydroxylation is 1. The second-order valence-electron chi connectivity index (χ2n) is 12.0. The smallest absolute Gasteiger partial charge is 0.303 e. The number of carbonyl (C=O) groups is 2. The molecule has 7 heteroatoms. The Kier molecular flexibility index (Phi) is 7.70. The molecule has 4 rings (SSSR count). The Bertz CT molecular complexity index is 1080. The van der Waals surface area contributed by atoms with Crippen LogP contribution in [-0.2, 0) is 16.0 Å². The molecule has 2 fully saturated rings. The van der Waals surface area contributed by atoms with Gasteiger partial charge in [-0.05, 0) is 74.0 Å². The third-order valence-electron chi connectivity index (χ3n) is 7.34. The Labute approximate surface area is 213 Å². The zero-order chi connectivity index (χ0) is 25.3. The number of benzene rings is 1. The van der Waals surface area contributed by atoms with E-state index in [0.717, 1.165) is 54.1 Å². The van der Waals surface area contributed by atoms with E-state index in [0.29, 0.717) is 28.7 Å². The van der Waals surface area contributed by atoms with Gasteiger partial charge < -0.3 is 5.11 Å². The quantitative estimate of drug-likeness (QED) is 0.374. The largest absolute Gasteiger partial charge is 0.481 e. The summed E-state index contributed by atoms with van der Waals surface area (Å²) in [6.07, 6.45) is 6.54. The Morgan fingerprint density at radius 1 is 1.20 bits per heavy atom. The molecule has 1 aromatic heterocycles. The summed E-state index contributed by atoms with van der Waals surface area (Å²) in [5.41, 5.74) is 4.43. The number of aromatic nitrogens is 3. The predicted molar refractivity (Wildman–Crippen MR) is 137 cm³/mol. The van der Waals surface area contributed by atoms with Gasteiger partial charge in [-0.2, -0.15) is 0 Å². The molecule has 2 aliphatic carbocycles. The number of nitrogens with zero attached hydrogens (tertiary/aromatic N) is 3. The number of Topliss-reactive ketones (excluding diaryl/α,β-unsaturated/α-hetero) is 1. The average molecular weight is 500 g/mol. The highest BCUT2D eigenvalue weighted by Crippen LogP contribution is 2.51. The molecular formula is C28H38ClN3O3. The molecule has 0 bridgehead atoms. The molecule has 0 saturated heterocycles. The van der Waals surface area contributed by atoms with Gasteiger partial charge in [0, 0.05) is 36.1 Å². The van der Waals surface area contributed by atoms with Crippen molar-refractivity contribution in [2.75, 3.05) is 0 Å². The third-order valence-corrected chi connectivity index (χ3v) is 7.69. The SMILES string of the molecule is Cc1ccc(CC(=O)C[C@H](CCC(=O)O)n2nnc(C3CC(CC(C)(C)C)C3)c2C2CC2)c(Cl)c1. The van der Waals surface area contributed by atoms with Crippen LogP contribution in [0.15, 0.2) is 18.2 Å². The van der Waals surface area contributed by atoms with Gasteiger partial charge in [-0.3, -0.25) is 9.59 Å². The van der Waals surface area contributed by atoms with Crippen LogP contribution in [0.3, 0.4) is 0 Å². The maximum Gasteiger partial charge on any atom is 0.303 e. The summed E-state index contributed by atoms with van der Waals surface area (Å²) < 4.78 is 1.92. The molecule has 2 aliphatic rings. The van der Waals surface area contributed by atoms with Crippen LogP contribution in [-0.4, -0.2) is 31.9 Å². The molecule has 1 aromatic carbocycles. The highest BCUT2D eigenvalue weighted by molar-refractivity contribution is 6.31. The third kappa shape index (κ3) is 6.72. The molecule has 1 atom stereocenters. The number of rotatable bonds is 11. The van der Waals surface area contributed by atoms with Gasteiger partial charge in [0.1, 0.15) is 5.78 Å². The number of hydrogen-bond donors (Lipinski definition) is 1. The van der Waals surface area contributed by atoms with Crippen LogP contribution in [0.5, 0.6) is 0 Å². The van der Waals surface area contributed by atoms with Crippen molar-refractivity contribution in [1.29, 1.82) is 0 Å². The van der Waals surface area contributed by atoms with Crippen LogP contribution in [0.4, 0.5) is 0 Å². The van der Waals surface area contributed by atoms with Crippen LogP contribution in [0.2, 0.25) is 5.02 Å². The van der Waals surface area contributed by atoms with Gasteiger partial charge in [0.05, 0.1) is 17.4 Å². The van der Waals surface area contributed by atoms with E-state index in [2.05, 4.69) is 31.1 Å². The molecule has 35 heavy (non-hydrogen) atoms. The van der Waals surface area contributed by atoms with Crippen LogP contribution in [0.1, 0.15) is 113 Å². The highest BCUT2D eigenvalue weighted by atomic mass is 35.5. The Balaban J connectivity index is 1.51. The normalized spacial score (nSPS) is 20.9. The molecule has 2 aromatic rings. The molecule has 0 unspecified atom stereocenters. The summed E-state index contributed by atoms with van der Waals surface area (Å²) in [6, 6.07) is 5.42. The molecule has 2 saturated carbocycles. The van der Waals surface area contributed by atoms with Crippen molar-refractivity contribution >= 4 is 23.4 Å². The van der Waals surface area contributed by atoms with E-state index in [1.165, 1.54) is 6.42 Å². The van der Waals surface area contributed by atoms with Crippen LogP contribution < -0.4 is 0 Å². The van der Waals surface area contributed by atoms with Crippen LogP contribution >= 0.6 is 11.6 Å². The molecule has 0 spiro atoms. The zero-order valence-electron chi connectivity index (χ0n) is 21.4. The second-order valence-corrected chi connectivity index (χ2v) is 12.4. The first kappa shape index (κ1) is 25.9.